The minimum atomic E-state index is -0.121. The van der Waals surface area contributed by atoms with Crippen molar-refractivity contribution in [2.45, 2.75) is 33.2 Å². The fourth-order valence-electron chi connectivity index (χ4n) is 3.87. The monoisotopic (exact) mass is 408 g/mol. The number of anilines is 1. The van der Waals surface area contributed by atoms with Gasteiger partial charge >= 0.3 is 0 Å². The summed E-state index contributed by atoms with van der Waals surface area (Å²) in [6.45, 7) is 6.99. The molecular weight excluding hydrogens is 376 g/mol. The molecule has 0 bridgehead atoms. The summed E-state index contributed by atoms with van der Waals surface area (Å²) in [5.41, 5.74) is 3.09. The van der Waals surface area contributed by atoms with Crippen LogP contribution in [0.1, 0.15) is 31.4 Å². The van der Waals surface area contributed by atoms with Gasteiger partial charge in [0.1, 0.15) is 5.75 Å². The zero-order chi connectivity index (χ0) is 21.3. The first-order chi connectivity index (χ1) is 14.6. The first kappa shape index (κ1) is 21.7. The van der Waals surface area contributed by atoms with Gasteiger partial charge in [0.15, 0.2) is 5.96 Å². The zero-order valence-corrected chi connectivity index (χ0v) is 18.1. The van der Waals surface area contributed by atoms with E-state index in [4.69, 9.17) is 9.73 Å². The predicted molar refractivity (Wildman–Crippen MR) is 122 cm³/mol. The fourth-order valence-corrected chi connectivity index (χ4v) is 3.87. The third kappa shape index (κ3) is 5.99. The number of benzene rings is 2. The number of methoxy groups -OCH3 is 1. The number of nitrogens with one attached hydrogen (secondary N) is 2. The van der Waals surface area contributed by atoms with Crippen LogP contribution in [-0.4, -0.2) is 43.5 Å². The third-order valence-electron chi connectivity index (χ3n) is 5.27. The highest BCUT2D eigenvalue weighted by Gasteiger charge is 2.25. The fraction of sp³-hybridized carbons (Fsp3) is 0.417. The van der Waals surface area contributed by atoms with E-state index in [0.717, 1.165) is 37.6 Å². The number of carbonyl (C=O) groups is 1. The molecule has 1 saturated heterocycles. The summed E-state index contributed by atoms with van der Waals surface area (Å²) >= 11 is 0. The molecule has 1 amide bonds. The highest BCUT2D eigenvalue weighted by atomic mass is 16.5. The van der Waals surface area contributed by atoms with Crippen LogP contribution in [0, 0.1) is 5.92 Å². The summed E-state index contributed by atoms with van der Waals surface area (Å²) < 4.78 is 5.34. The molecule has 0 saturated carbocycles. The van der Waals surface area contributed by atoms with E-state index in [2.05, 4.69) is 52.8 Å². The SMILES string of the molecule is CCNC(=NCc1ccc(OC)c(NC(C)=O)c1)N1CCC(Cc2ccccc2)C1. The summed E-state index contributed by atoms with van der Waals surface area (Å²) in [4.78, 5) is 18.7. The lowest BCUT2D eigenvalue weighted by molar-refractivity contribution is -0.114. The molecule has 0 radical (unpaired) electrons. The second-order valence-electron chi connectivity index (χ2n) is 7.68. The minimum Gasteiger partial charge on any atom is -0.495 e. The molecule has 2 N–H and O–H groups in total. The lowest BCUT2D eigenvalue weighted by Gasteiger charge is -2.22. The Hall–Kier alpha value is -3.02. The first-order valence-corrected chi connectivity index (χ1v) is 10.6. The van der Waals surface area contributed by atoms with Crippen LogP contribution in [-0.2, 0) is 17.8 Å². The number of carbonyl (C=O) groups excluding carboxylic acids is 1. The van der Waals surface area contributed by atoms with E-state index in [1.807, 2.05) is 18.2 Å². The summed E-state index contributed by atoms with van der Waals surface area (Å²) in [5.74, 6) is 2.12. The van der Waals surface area contributed by atoms with Crippen molar-refractivity contribution in [1.29, 1.82) is 0 Å². The molecule has 6 nitrogen and oxygen atoms in total. The maximum Gasteiger partial charge on any atom is 0.221 e. The third-order valence-corrected chi connectivity index (χ3v) is 5.27. The van der Waals surface area contributed by atoms with Crippen LogP contribution >= 0.6 is 0 Å². The largest absolute Gasteiger partial charge is 0.495 e. The Balaban J connectivity index is 1.67. The predicted octanol–water partition coefficient (Wildman–Crippen LogP) is 3.68. The number of likely N-dealkylation sites (tertiary alicyclic amines) is 1. The molecule has 1 heterocycles. The Morgan fingerprint density at radius 3 is 2.70 bits per heavy atom. The van der Waals surface area contributed by atoms with Crippen LogP contribution in [0.25, 0.3) is 0 Å². The van der Waals surface area contributed by atoms with E-state index in [1.165, 1.54) is 18.9 Å². The van der Waals surface area contributed by atoms with Crippen molar-refractivity contribution in [2.24, 2.45) is 10.9 Å². The van der Waals surface area contributed by atoms with Crippen molar-refractivity contribution in [3.05, 3.63) is 59.7 Å². The maximum atomic E-state index is 11.5. The molecule has 0 aliphatic carbocycles. The average molecular weight is 409 g/mol. The van der Waals surface area contributed by atoms with Gasteiger partial charge in [-0.25, -0.2) is 4.99 Å². The minimum absolute atomic E-state index is 0.121. The standard InChI is InChI=1S/C24H32N4O2/c1-4-25-24(28-13-12-21(17-28)14-19-8-6-5-7-9-19)26-16-20-10-11-23(30-3)22(15-20)27-18(2)29/h5-11,15,21H,4,12-14,16-17H2,1-3H3,(H,25,26)(H,27,29). The van der Waals surface area contributed by atoms with Gasteiger partial charge in [-0.2, -0.15) is 0 Å². The number of aliphatic imine (C=N–C) groups is 1. The van der Waals surface area contributed by atoms with Gasteiger partial charge in [-0.1, -0.05) is 36.4 Å². The molecule has 0 spiro atoms. The topological polar surface area (TPSA) is 66.0 Å². The number of ether oxygens (including phenoxy) is 1. The van der Waals surface area contributed by atoms with Crippen LogP contribution in [0.4, 0.5) is 5.69 Å². The number of rotatable bonds is 7. The van der Waals surface area contributed by atoms with Crippen molar-refractivity contribution >= 4 is 17.6 Å². The van der Waals surface area contributed by atoms with Gasteiger partial charge in [0, 0.05) is 26.6 Å². The number of amides is 1. The highest BCUT2D eigenvalue weighted by Crippen LogP contribution is 2.26. The van der Waals surface area contributed by atoms with Crippen molar-refractivity contribution in [2.75, 3.05) is 32.1 Å². The molecule has 1 aliphatic rings. The number of hydrogen-bond donors (Lipinski definition) is 2. The van der Waals surface area contributed by atoms with Crippen molar-refractivity contribution in [3.63, 3.8) is 0 Å². The molecular formula is C24H32N4O2. The Kier molecular flexibility index (Phi) is 7.71. The average Bonchev–Trinajstić information content (AvgIpc) is 3.20. The second kappa shape index (κ2) is 10.7. The van der Waals surface area contributed by atoms with Crippen LogP contribution in [0.5, 0.6) is 5.75 Å². The molecule has 160 valence electrons. The van der Waals surface area contributed by atoms with Gasteiger partial charge in [0.25, 0.3) is 0 Å². The van der Waals surface area contributed by atoms with Gasteiger partial charge in [0.05, 0.1) is 19.3 Å². The Morgan fingerprint density at radius 2 is 2.00 bits per heavy atom. The van der Waals surface area contributed by atoms with Crippen LogP contribution in [0.3, 0.4) is 0 Å². The highest BCUT2D eigenvalue weighted by molar-refractivity contribution is 5.90. The van der Waals surface area contributed by atoms with Crippen LogP contribution in [0.15, 0.2) is 53.5 Å². The van der Waals surface area contributed by atoms with Gasteiger partial charge in [-0.3, -0.25) is 4.79 Å². The summed E-state index contributed by atoms with van der Waals surface area (Å²) in [7, 11) is 1.60. The molecule has 2 aromatic carbocycles. The number of hydrogen-bond acceptors (Lipinski definition) is 3. The van der Waals surface area contributed by atoms with Crippen molar-refractivity contribution in [1.82, 2.24) is 10.2 Å². The molecule has 6 heteroatoms. The van der Waals surface area contributed by atoms with Crippen LogP contribution < -0.4 is 15.4 Å². The van der Waals surface area contributed by atoms with E-state index in [0.29, 0.717) is 23.9 Å². The second-order valence-corrected chi connectivity index (χ2v) is 7.68. The van der Waals surface area contributed by atoms with E-state index >= 15 is 0 Å². The molecule has 30 heavy (non-hydrogen) atoms. The van der Waals surface area contributed by atoms with Gasteiger partial charge in [-0.05, 0) is 48.9 Å². The van der Waals surface area contributed by atoms with Gasteiger partial charge in [0.2, 0.25) is 5.91 Å². The summed E-state index contributed by atoms with van der Waals surface area (Å²) in [5, 5.41) is 6.25. The molecule has 1 unspecified atom stereocenters. The Labute approximate surface area is 179 Å². The molecule has 1 atom stereocenters. The first-order valence-electron chi connectivity index (χ1n) is 10.6. The summed E-state index contributed by atoms with van der Waals surface area (Å²) in [6.07, 6.45) is 2.28. The number of guanidine groups is 1. The van der Waals surface area contributed by atoms with Gasteiger partial charge in [-0.15, -0.1) is 0 Å². The van der Waals surface area contributed by atoms with Crippen molar-refractivity contribution < 1.29 is 9.53 Å². The summed E-state index contributed by atoms with van der Waals surface area (Å²) in [6, 6.07) is 16.5. The molecule has 1 fully saturated rings. The Morgan fingerprint density at radius 1 is 1.20 bits per heavy atom. The van der Waals surface area contributed by atoms with Crippen molar-refractivity contribution in [3.8, 4) is 5.75 Å². The van der Waals surface area contributed by atoms with Gasteiger partial charge < -0.3 is 20.3 Å². The van der Waals surface area contributed by atoms with E-state index in [1.54, 1.807) is 7.11 Å². The van der Waals surface area contributed by atoms with E-state index in [9.17, 15) is 4.79 Å². The lowest BCUT2D eigenvalue weighted by Crippen LogP contribution is -2.40. The Bertz CT molecular complexity index is 867. The molecule has 0 aromatic heterocycles. The molecule has 3 rings (SSSR count). The zero-order valence-electron chi connectivity index (χ0n) is 18.1. The number of nitrogens with zero attached hydrogens (tertiary/aromatic N) is 2. The molecule has 2 aromatic rings. The van der Waals surface area contributed by atoms with E-state index < -0.39 is 0 Å². The van der Waals surface area contributed by atoms with E-state index in [-0.39, 0.29) is 5.91 Å². The van der Waals surface area contributed by atoms with Crippen LogP contribution in [0.2, 0.25) is 0 Å². The lowest BCUT2D eigenvalue weighted by atomic mass is 9.99. The quantitative estimate of drug-likeness (QED) is 0.542. The molecule has 1 aliphatic heterocycles. The smallest absolute Gasteiger partial charge is 0.221 e. The normalized spacial score (nSPS) is 16.4. The maximum absolute atomic E-state index is 11.5.